The molecule has 1 heterocycles. The Labute approximate surface area is 175 Å². The zero-order valence-electron chi connectivity index (χ0n) is 14.6. The van der Waals surface area contributed by atoms with Gasteiger partial charge >= 0.3 is 5.97 Å². The van der Waals surface area contributed by atoms with Gasteiger partial charge in [0.1, 0.15) is 6.10 Å². The van der Waals surface area contributed by atoms with Crippen molar-refractivity contribution in [3.05, 3.63) is 51.6 Å². The smallest absolute Gasteiger partial charge is 0.341 e. The number of fused-ring (bicyclic) bond motifs is 3. The fourth-order valence-corrected chi connectivity index (χ4v) is 5.19. The molecule has 1 aliphatic heterocycles. The standard InChI is InChI=1S/C19H17IO7S/c20-11-4-6-12(7-5-11)28(23,24)27-15-9-8-14-18(15)13-2-1-3-16(19(13)26-14)25-10-17(21)22/h1-7,14-15,18H,8-10H2,(H,21,22). The highest BCUT2D eigenvalue weighted by molar-refractivity contribution is 14.1. The molecule has 3 unspecified atom stereocenters. The Hall–Kier alpha value is -1.85. The highest BCUT2D eigenvalue weighted by Gasteiger charge is 2.48. The summed E-state index contributed by atoms with van der Waals surface area (Å²) in [6, 6.07) is 11.7. The minimum absolute atomic E-state index is 0.119. The molecule has 148 valence electrons. The lowest BCUT2D eigenvalue weighted by atomic mass is 9.95. The molecule has 1 N–H and O–H groups in total. The first kappa shape index (κ1) is 19.5. The van der Waals surface area contributed by atoms with Crippen molar-refractivity contribution in [1.29, 1.82) is 0 Å². The van der Waals surface area contributed by atoms with E-state index < -0.39 is 28.8 Å². The van der Waals surface area contributed by atoms with Crippen molar-refractivity contribution in [3.63, 3.8) is 0 Å². The summed E-state index contributed by atoms with van der Waals surface area (Å²) in [7, 11) is -3.90. The molecule has 1 aliphatic carbocycles. The quantitative estimate of drug-likeness (QED) is 0.465. The molecule has 2 aliphatic rings. The number of ether oxygens (including phenoxy) is 2. The molecule has 1 saturated carbocycles. The molecule has 0 amide bonds. The maximum absolute atomic E-state index is 12.7. The van der Waals surface area contributed by atoms with Crippen molar-refractivity contribution in [2.45, 2.75) is 35.9 Å². The SMILES string of the molecule is O=C(O)COc1cccc2c1OC1CCC(OS(=O)(=O)c3ccc(I)cc3)C21. The van der Waals surface area contributed by atoms with Crippen LogP contribution in [0, 0.1) is 3.57 Å². The minimum atomic E-state index is -3.90. The van der Waals surface area contributed by atoms with Gasteiger partial charge in [-0.25, -0.2) is 4.79 Å². The van der Waals surface area contributed by atoms with E-state index in [1.807, 2.05) is 6.07 Å². The molecule has 2 aromatic rings. The van der Waals surface area contributed by atoms with Gasteiger partial charge in [-0.05, 0) is 65.8 Å². The van der Waals surface area contributed by atoms with Crippen molar-refractivity contribution in [3.8, 4) is 11.5 Å². The van der Waals surface area contributed by atoms with Gasteiger partial charge in [-0.15, -0.1) is 0 Å². The number of aliphatic carboxylic acids is 1. The van der Waals surface area contributed by atoms with Crippen LogP contribution in [-0.4, -0.2) is 38.3 Å². The Kier molecular flexibility index (Phi) is 5.23. The lowest BCUT2D eigenvalue weighted by Gasteiger charge is -2.18. The topological polar surface area (TPSA) is 99.1 Å². The van der Waals surface area contributed by atoms with Gasteiger partial charge in [0, 0.05) is 9.13 Å². The fraction of sp³-hybridized carbons (Fsp3) is 0.316. The predicted octanol–water partition coefficient (Wildman–Crippen LogP) is 3.17. The van der Waals surface area contributed by atoms with E-state index in [0.717, 1.165) is 9.13 Å². The summed E-state index contributed by atoms with van der Waals surface area (Å²) in [6.45, 7) is -0.476. The molecular weight excluding hydrogens is 499 g/mol. The van der Waals surface area contributed by atoms with E-state index in [9.17, 15) is 13.2 Å². The second-order valence-corrected chi connectivity index (χ2v) is 9.48. The van der Waals surface area contributed by atoms with Gasteiger partial charge in [0.2, 0.25) is 0 Å². The molecule has 0 aromatic heterocycles. The normalized spacial score (nSPS) is 23.0. The summed E-state index contributed by atoms with van der Waals surface area (Å²) in [4.78, 5) is 10.9. The zero-order chi connectivity index (χ0) is 19.9. The Morgan fingerprint density at radius 2 is 1.93 bits per heavy atom. The Balaban J connectivity index is 1.58. The van der Waals surface area contributed by atoms with Crippen molar-refractivity contribution >= 4 is 38.7 Å². The van der Waals surface area contributed by atoms with Gasteiger partial charge < -0.3 is 14.6 Å². The molecular formula is C19H17IO7S. The maximum atomic E-state index is 12.7. The van der Waals surface area contributed by atoms with Gasteiger partial charge in [-0.3, -0.25) is 4.18 Å². The highest BCUT2D eigenvalue weighted by Crippen LogP contribution is 2.52. The number of hydrogen-bond acceptors (Lipinski definition) is 6. The van der Waals surface area contributed by atoms with Gasteiger partial charge in [-0.1, -0.05) is 12.1 Å². The monoisotopic (exact) mass is 516 g/mol. The average molecular weight is 516 g/mol. The van der Waals surface area contributed by atoms with E-state index in [2.05, 4.69) is 22.6 Å². The van der Waals surface area contributed by atoms with Gasteiger partial charge in [0.15, 0.2) is 18.1 Å². The van der Waals surface area contributed by atoms with Crippen LogP contribution in [0.3, 0.4) is 0 Å². The first-order valence-corrected chi connectivity index (χ1v) is 11.2. The number of carboxylic acids is 1. The third-order valence-corrected chi connectivity index (χ3v) is 6.95. The van der Waals surface area contributed by atoms with Crippen molar-refractivity contribution < 1.29 is 32.0 Å². The highest BCUT2D eigenvalue weighted by atomic mass is 127. The number of para-hydroxylation sites is 1. The van der Waals surface area contributed by atoms with E-state index in [4.69, 9.17) is 18.8 Å². The predicted molar refractivity (Wildman–Crippen MR) is 107 cm³/mol. The van der Waals surface area contributed by atoms with Gasteiger partial charge in [-0.2, -0.15) is 8.42 Å². The van der Waals surface area contributed by atoms with E-state index in [1.54, 1.807) is 24.3 Å². The lowest BCUT2D eigenvalue weighted by molar-refractivity contribution is -0.139. The second-order valence-electron chi connectivity index (χ2n) is 6.66. The Morgan fingerprint density at radius 3 is 2.64 bits per heavy atom. The third kappa shape index (κ3) is 3.70. The summed E-state index contributed by atoms with van der Waals surface area (Å²) >= 11 is 2.11. The van der Waals surface area contributed by atoms with E-state index in [-0.39, 0.29) is 16.9 Å². The van der Waals surface area contributed by atoms with E-state index >= 15 is 0 Å². The van der Waals surface area contributed by atoms with Crippen LogP contribution in [0.2, 0.25) is 0 Å². The van der Waals surface area contributed by atoms with Gasteiger partial charge in [0.05, 0.1) is 16.9 Å². The number of hydrogen-bond donors (Lipinski definition) is 1. The van der Waals surface area contributed by atoms with Crippen LogP contribution in [-0.2, 0) is 19.1 Å². The van der Waals surface area contributed by atoms with Crippen LogP contribution in [0.1, 0.15) is 24.3 Å². The first-order chi connectivity index (χ1) is 13.3. The molecule has 0 bridgehead atoms. The van der Waals surface area contributed by atoms with Gasteiger partial charge in [0.25, 0.3) is 10.1 Å². The van der Waals surface area contributed by atoms with Crippen molar-refractivity contribution in [2.75, 3.05) is 6.61 Å². The van der Waals surface area contributed by atoms with Crippen molar-refractivity contribution in [2.24, 2.45) is 0 Å². The number of benzene rings is 2. The number of carboxylic acid groups (broad SMARTS) is 1. The van der Waals surface area contributed by atoms with Crippen LogP contribution < -0.4 is 9.47 Å². The summed E-state index contributed by atoms with van der Waals surface area (Å²) < 4.78 is 43.2. The van der Waals surface area contributed by atoms with E-state index in [0.29, 0.717) is 24.3 Å². The number of rotatable bonds is 6. The number of carbonyl (C=O) groups is 1. The molecule has 0 saturated heterocycles. The lowest BCUT2D eigenvalue weighted by Crippen LogP contribution is -2.24. The van der Waals surface area contributed by atoms with E-state index in [1.165, 1.54) is 12.1 Å². The molecule has 2 aromatic carbocycles. The molecule has 0 radical (unpaired) electrons. The van der Waals surface area contributed by atoms with Crippen LogP contribution in [0.25, 0.3) is 0 Å². The Morgan fingerprint density at radius 1 is 1.18 bits per heavy atom. The van der Waals surface area contributed by atoms with Crippen molar-refractivity contribution in [1.82, 2.24) is 0 Å². The fourth-order valence-electron chi connectivity index (χ4n) is 3.71. The van der Waals surface area contributed by atoms with Crippen LogP contribution in [0.15, 0.2) is 47.4 Å². The zero-order valence-corrected chi connectivity index (χ0v) is 17.6. The molecule has 9 heteroatoms. The molecule has 0 spiro atoms. The maximum Gasteiger partial charge on any atom is 0.341 e. The molecule has 3 atom stereocenters. The Bertz CT molecular complexity index is 1000. The minimum Gasteiger partial charge on any atom is -0.485 e. The second kappa shape index (κ2) is 7.53. The number of halogens is 1. The average Bonchev–Trinajstić information content (AvgIpc) is 3.20. The van der Waals surface area contributed by atoms with Crippen LogP contribution in [0.4, 0.5) is 0 Å². The third-order valence-electron chi connectivity index (χ3n) is 4.88. The van der Waals surface area contributed by atoms with Crippen LogP contribution in [0.5, 0.6) is 11.5 Å². The molecule has 4 rings (SSSR count). The summed E-state index contributed by atoms with van der Waals surface area (Å²) in [5, 5.41) is 8.83. The largest absolute Gasteiger partial charge is 0.485 e. The molecule has 7 nitrogen and oxygen atoms in total. The summed E-state index contributed by atoms with van der Waals surface area (Å²) in [5.74, 6) is -0.519. The van der Waals surface area contributed by atoms with Crippen LogP contribution >= 0.6 is 22.6 Å². The molecule has 1 fully saturated rings. The molecule has 28 heavy (non-hydrogen) atoms. The first-order valence-electron chi connectivity index (χ1n) is 8.68. The summed E-state index contributed by atoms with van der Waals surface area (Å²) in [6.07, 6.45) is 0.426. The summed E-state index contributed by atoms with van der Waals surface area (Å²) in [5.41, 5.74) is 0.785.